The highest BCUT2D eigenvalue weighted by Crippen LogP contribution is 2.43. The van der Waals surface area contributed by atoms with Crippen LogP contribution in [0.15, 0.2) is 48.8 Å². The van der Waals surface area contributed by atoms with Gasteiger partial charge >= 0.3 is 0 Å². The van der Waals surface area contributed by atoms with Crippen molar-refractivity contribution in [3.63, 3.8) is 0 Å². The van der Waals surface area contributed by atoms with Gasteiger partial charge in [-0.1, -0.05) is 59.6 Å². The second-order valence-electron chi connectivity index (χ2n) is 15.4. The molecule has 0 radical (unpaired) electrons. The summed E-state index contributed by atoms with van der Waals surface area (Å²) in [6.07, 6.45) is 4.75. The maximum absolute atomic E-state index is 11.8. The second kappa shape index (κ2) is 13.2. The van der Waals surface area contributed by atoms with Gasteiger partial charge in [0.2, 0.25) is 11.8 Å². The van der Waals surface area contributed by atoms with Crippen molar-refractivity contribution in [2.45, 2.75) is 25.9 Å². The number of halogens is 2. The summed E-state index contributed by atoms with van der Waals surface area (Å²) in [6.45, 7) is 6.26. The molecule has 2 aromatic heterocycles. The molecule has 0 saturated carbocycles. The van der Waals surface area contributed by atoms with Crippen molar-refractivity contribution in [1.82, 2.24) is 40.4 Å². The quantitative estimate of drug-likeness (QED) is 0.256. The van der Waals surface area contributed by atoms with Crippen LogP contribution in [-0.4, -0.2) is 109 Å². The van der Waals surface area contributed by atoms with Crippen molar-refractivity contribution in [2.24, 2.45) is 10.8 Å². The number of nitrogens with zero attached hydrogens (tertiary/aromatic N) is 8. The summed E-state index contributed by atoms with van der Waals surface area (Å²) in [7, 11) is 7.86. The van der Waals surface area contributed by atoms with E-state index in [1.165, 1.54) is 0 Å². The van der Waals surface area contributed by atoms with E-state index < -0.39 is 0 Å². The van der Waals surface area contributed by atoms with Crippen molar-refractivity contribution in [3.8, 4) is 33.6 Å². The van der Waals surface area contributed by atoms with Crippen molar-refractivity contribution >= 4 is 46.7 Å². The molecular weight excluding hydrogens is 699 g/mol. The fourth-order valence-electron chi connectivity index (χ4n) is 8.29. The van der Waals surface area contributed by atoms with Crippen LogP contribution in [0.3, 0.4) is 0 Å². The molecule has 4 aromatic rings. The van der Waals surface area contributed by atoms with Crippen LogP contribution in [0.25, 0.3) is 33.6 Å². The molecule has 4 aliphatic heterocycles. The van der Waals surface area contributed by atoms with Crippen LogP contribution in [-0.2, 0) is 22.7 Å². The van der Waals surface area contributed by atoms with E-state index in [-0.39, 0.29) is 22.6 Å². The fourth-order valence-corrected chi connectivity index (χ4v) is 8.93. The summed E-state index contributed by atoms with van der Waals surface area (Å²) in [5.74, 6) is 1.83. The molecule has 4 aliphatic rings. The number of carbonyl (C=O) groups excluding carboxylic acids is 2. The molecule has 2 amide bonds. The lowest BCUT2D eigenvalue weighted by Gasteiger charge is -2.47. The molecule has 8 rings (SSSR count). The topological polar surface area (TPSA) is 123 Å². The van der Waals surface area contributed by atoms with Crippen molar-refractivity contribution in [2.75, 3.05) is 77.3 Å². The monoisotopic (exact) mass is 740 g/mol. The first-order valence-corrected chi connectivity index (χ1v) is 18.3. The van der Waals surface area contributed by atoms with Gasteiger partial charge in [-0.05, 0) is 0 Å². The van der Waals surface area contributed by atoms with Gasteiger partial charge in [-0.2, -0.15) is 0 Å². The van der Waals surface area contributed by atoms with E-state index in [1.807, 2.05) is 74.4 Å². The second-order valence-corrected chi connectivity index (χ2v) is 16.1. The highest BCUT2D eigenvalue weighted by atomic mass is 35.5. The van der Waals surface area contributed by atoms with Crippen molar-refractivity contribution < 1.29 is 9.59 Å². The van der Waals surface area contributed by atoms with Gasteiger partial charge in [0.1, 0.15) is 0 Å². The molecule has 2 spiro atoms. The Morgan fingerprint density at radius 1 is 0.654 bits per heavy atom. The Kier molecular flexibility index (Phi) is 8.84. The van der Waals surface area contributed by atoms with Gasteiger partial charge in [-0.25, -0.2) is 9.97 Å². The van der Waals surface area contributed by atoms with Crippen LogP contribution < -0.4 is 20.4 Å². The smallest absolute Gasteiger partial charge is 0.220 e. The number of hydrogen-bond donors (Lipinski definition) is 2. The van der Waals surface area contributed by atoms with E-state index in [1.54, 1.807) is 12.4 Å². The van der Waals surface area contributed by atoms with Gasteiger partial charge in [-0.3, -0.25) is 29.4 Å². The van der Waals surface area contributed by atoms with Crippen LogP contribution in [0, 0.1) is 10.8 Å². The molecule has 2 aromatic carbocycles. The molecular formula is C38H42Cl2N10O2. The number of hydrogen-bond acceptors (Lipinski definition) is 10. The maximum Gasteiger partial charge on any atom is 0.220 e. The normalized spacial score (nSPS) is 19.0. The third-order valence-electron chi connectivity index (χ3n) is 10.7. The van der Waals surface area contributed by atoms with Gasteiger partial charge in [0.15, 0.2) is 11.6 Å². The summed E-state index contributed by atoms with van der Waals surface area (Å²) in [5, 5.41) is 7.00. The molecule has 0 bridgehead atoms. The van der Waals surface area contributed by atoms with E-state index in [2.05, 4.69) is 20.4 Å². The number of benzene rings is 2. The Morgan fingerprint density at radius 3 is 1.38 bits per heavy atom. The molecule has 14 heteroatoms. The number of rotatable bonds is 9. The zero-order valence-corrected chi connectivity index (χ0v) is 31.4. The van der Waals surface area contributed by atoms with E-state index in [4.69, 9.17) is 43.1 Å². The van der Waals surface area contributed by atoms with Gasteiger partial charge in [0, 0.05) is 126 Å². The van der Waals surface area contributed by atoms with Crippen LogP contribution in [0.2, 0.25) is 10.0 Å². The average molecular weight is 742 g/mol. The predicted octanol–water partition coefficient (Wildman–Crippen LogP) is 4.35. The molecule has 0 unspecified atom stereocenters. The zero-order valence-electron chi connectivity index (χ0n) is 29.8. The summed E-state index contributed by atoms with van der Waals surface area (Å²) >= 11 is 14.4. The van der Waals surface area contributed by atoms with E-state index in [9.17, 15) is 9.59 Å². The number of amides is 2. The number of aromatic nitrogens is 4. The third-order valence-corrected chi connectivity index (χ3v) is 11.5. The number of likely N-dealkylation sites (tertiary alicyclic amines) is 2. The summed E-state index contributed by atoms with van der Waals surface area (Å²) in [4.78, 5) is 52.0. The van der Waals surface area contributed by atoms with Crippen LogP contribution >= 0.6 is 23.2 Å². The molecule has 2 N–H and O–H groups in total. The highest BCUT2D eigenvalue weighted by Gasteiger charge is 2.49. The van der Waals surface area contributed by atoms with Crippen LogP contribution in [0.1, 0.15) is 24.2 Å². The molecule has 12 nitrogen and oxygen atoms in total. The Labute approximate surface area is 313 Å². The minimum Gasteiger partial charge on any atom is -0.361 e. The first-order valence-electron chi connectivity index (χ1n) is 17.5. The molecule has 4 saturated heterocycles. The molecule has 52 heavy (non-hydrogen) atoms. The average Bonchev–Trinajstić information content (AvgIpc) is 3.68. The van der Waals surface area contributed by atoms with Gasteiger partial charge < -0.3 is 20.4 Å². The fraction of sp³-hybridized carbons (Fsp3) is 0.421. The largest absolute Gasteiger partial charge is 0.361 e. The SMILES string of the molecule is CN(C)c1nc(-c2cccc(-c3cccc(-c4cnc(CN5CC6(CNC(=O)C6)C5)c(N(C)C)n4)c3Cl)c2Cl)cnc1CN1CC2(CNC(=O)C2)C1. The van der Waals surface area contributed by atoms with Gasteiger partial charge in [0.25, 0.3) is 0 Å². The number of carbonyl (C=O) groups is 2. The number of anilines is 2. The minimum absolute atomic E-state index is 0.0508. The molecule has 6 heterocycles. The van der Waals surface area contributed by atoms with Crippen LogP contribution in [0.5, 0.6) is 0 Å². The Morgan fingerprint density at radius 2 is 1.04 bits per heavy atom. The Hall–Kier alpha value is -4.36. The lowest BCUT2D eigenvalue weighted by molar-refractivity contribution is -0.121. The molecule has 0 atom stereocenters. The lowest BCUT2D eigenvalue weighted by Crippen LogP contribution is -2.56. The predicted molar refractivity (Wildman–Crippen MR) is 203 cm³/mol. The summed E-state index contributed by atoms with van der Waals surface area (Å²) < 4.78 is 0. The highest BCUT2D eigenvalue weighted by molar-refractivity contribution is 6.39. The Bertz CT molecular complexity index is 1930. The standard InChI is InChI=1S/C38H42Cl2N10O2/c1-47(2)35-29(15-49-19-37(20-49)11-31(51)43-17-37)41-13-27(45-35)25-9-5-7-23(33(25)39)24-8-6-10-26(34(24)40)28-14-42-30(36(46-28)48(3)4)16-50-21-38(22-50)12-32(52)44-18-38/h5-10,13-14H,11-12,15-22H2,1-4H3,(H,43,51)(H,44,52). The third kappa shape index (κ3) is 6.35. The molecule has 270 valence electrons. The van der Waals surface area contributed by atoms with E-state index in [0.717, 1.165) is 84.5 Å². The van der Waals surface area contributed by atoms with Gasteiger partial charge in [-0.15, -0.1) is 0 Å². The van der Waals surface area contributed by atoms with Crippen molar-refractivity contribution in [1.29, 1.82) is 0 Å². The zero-order chi connectivity index (χ0) is 36.4. The summed E-state index contributed by atoms with van der Waals surface area (Å²) in [5.41, 5.74) is 6.25. The van der Waals surface area contributed by atoms with E-state index in [0.29, 0.717) is 47.4 Å². The van der Waals surface area contributed by atoms with Gasteiger partial charge in [0.05, 0.1) is 45.2 Å². The summed E-state index contributed by atoms with van der Waals surface area (Å²) in [6, 6.07) is 11.7. The molecule has 0 aliphatic carbocycles. The van der Waals surface area contributed by atoms with E-state index >= 15 is 0 Å². The minimum atomic E-state index is 0.0508. The van der Waals surface area contributed by atoms with Crippen LogP contribution in [0.4, 0.5) is 11.6 Å². The number of nitrogens with one attached hydrogen (secondary N) is 2. The first-order chi connectivity index (χ1) is 24.9. The first kappa shape index (κ1) is 34.7. The lowest BCUT2D eigenvalue weighted by atomic mass is 9.79. The molecule has 4 fully saturated rings. The van der Waals surface area contributed by atoms with Crippen molar-refractivity contribution in [3.05, 3.63) is 70.2 Å². The Balaban J connectivity index is 1.04. The maximum atomic E-state index is 11.8.